The predicted molar refractivity (Wildman–Crippen MR) is 116 cm³/mol. The van der Waals surface area contributed by atoms with Crippen molar-refractivity contribution in [1.29, 1.82) is 0 Å². The van der Waals surface area contributed by atoms with Gasteiger partial charge in [0, 0.05) is 12.1 Å². The second kappa shape index (κ2) is 9.38. The van der Waals surface area contributed by atoms with Crippen LogP contribution in [0.1, 0.15) is 56.6 Å². The van der Waals surface area contributed by atoms with Crippen LogP contribution in [0.15, 0.2) is 60.7 Å². The van der Waals surface area contributed by atoms with Gasteiger partial charge in [-0.05, 0) is 51.4 Å². The SMILES string of the molecule is CC(CC(C(=O)NC1CCCCC1)(c1ccccc1)c1ccccc1)N(C)C. The Labute approximate surface area is 170 Å². The van der Waals surface area contributed by atoms with E-state index in [-0.39, 0.29) is 11.9 Å². The van der Waals surface area contributed by atoms with Crippen molar-refractivity contribution in [1.82, 2.24) is 10.2 Å². The Balaban J connectivity index is 2.07. The fourth-order valence-electron chi connectivity index (χ4n) is 4.38. The molecule has 3 rings (SSSR count). The molecule has 150 valence electrons. The van der Waals surface area contributed by atoms with E-state index in [1.807, 2.05) is 36.4 Å². The maximum absolute atomic E-state index is 14.0. The number of carbonyl (C=O) groups is 1. The van der Waals surface area contributed by atoms with E-state index in [1.54, 1.807) is 0 Å². The first-order valence-corrected chi connectivity index (χ1v) is 10.6. The van der Waals surface area contributed by atoms with E-state index in [4.69, 9.17) is 0 Å². The molecule has 1 fully saturated rings. The van der Waals surface area contributed by atoms with Crippen LogP contribution in [0.5, 0.6) is 0 Å². The lowest BCUT2D eigenvalue weighted by atomic mass is 9.69. The van der Waals surface area contributed by atoms with Crippen molar-refractivity contribution >= 4 is 5.91 Å². The molecule has 1 aliphatic carbocycles. The highest BCUT2D eigenvalue weighted by Gasteiger charge is 2.44. The van der Waals surface area contributed by atoms with Crippen LogP contribution in [-0.4, -0.2) is 37.0 Å². The zero-order valence-corrected chi connectivity index (χ0v) is 17.5. The van der Waals surface area contributed by atoms with E-state index in [0.29, 0.717) is 6.04 Å². The summed E-state index contributed by atoms with van der Waals surface area (Å²) in [4.78, 5) is 16.2. The Hall–Kier alpha value is -2.13. The van der Waals surface area contributed by atoms with Gasteiger partial charge in [0.25, 0.3) is 0 Å². The van der Waals surface area contributed by atoms with Gasteiger partial charge in [0.2, 0.25) is 5.91 Å². The largest absolute Gasteiger partial charge is 0.352 e. The molecule has 0 heterocycles. The van der Waals surface area contributed by atoms with Gasteiger partial charge in [-0.2, -0.15) is 0 Å². The Kier molecular flexibility index (Phi) is 6.90. The minimum absolute atomic E-state index is 0.144. The maximum Gasteiger partial charge on any atom is 0.235 e. The monoisotopic (exact) mass is 378 g/mol. The van der Waals surface area contributed by atoms with E-state index >= 15 is 0 Å². The minimum Gasteiger partial charge on any atom is -0.352 e. The molecule has 1 amide bonds. The van der Waals surface area contributed by atoms with Gasteiger partial charge in [-0.3, -0.25) is 4.79 Å². The molecule has 2 aromatic rings. The zero-order valence-electron chi connectivity index (χ0n) is 17.5. The summed E-state index contributed by atoms with van der Waals surface area (Å²) in [5, 5.41) is 3.44. The normalized spacial score (nSPS) is 16.7. The standard InChI is InChI=1S/C25H34N2O/c1-20(27(2)3)19-25(21-13-7-4-8-14-21,22-15-9-5-10-16-22)24(28)26-23-17-11-6-12-18-23/h4-5,7-10,13-16,20,23H,6,11-12,17-19H2,1-3H3,(H,26,28). The molecular weight excluding hydrogens is 344 g/mol. The minimum atomic E-state index is -0.691. The molecule has 1 N–H and O–H groups in total. The number of nitrogens with zero attached hydrogens (tertiary/aromatic N) is 1. The first-order valence-electron chi connectivity index (χ1n) is 10.6. The smallest absolute Gasteiger partial charge is 0.235 e. The fraction of sp³-hybridized carbons (Fsp3) is 0.480. The van der Waals surface area contributed by atoms with Crippen LogP contribution in [-0.2, 0) is 10.2 Å². The summed E-state index contributed by atoms with van der Waals surface area (Å²) in [5.41, 5.74) is 1.45. The first-order chi connectivity index (χ1) is 13.5. The molecule has 0 radical (unpaired) electrons. The van der Waals surface area contributed by atoms with Crippen molar-refractivity contribution in [3.05, 3.63) is 71.8 Å². The number of amides is 1. The third kappa shape index (κ3) is 4.47. The van der Waals surface area contributed by atoms with Crippen molar-refractivity contribution in [2.75, 3.05) is 14.1 Å². The Morgan fingerprint density at radius 1 is 0.964 bits per heavy atom. The summed E-state index contributed by atoms with van der Waals surface area (Å²) in [6.07, 6.45) is 6.63. The molecule has 1 aliphatic rings. The van der Waals surface area contributed by atoms with Crippen molar-refractivity contribution in [2.24, 2.45) is 0 Å². The van der Waals surface area contributed by atoms with Gasteiger partial charge in [0.05, 0.1) is 0 Å². The van der Waals surface area contributed by atoms with E-state index in [1.165, 1.54) is 19.3 Å². The van der Waals surface area contributed by atoms with Gasteiger partial charge >= 0.3 is 0 Å². The third-order valence-electron chi connectivity index (χ3n) is 6.34. The Morgan fingerprint density at radius 3 is 1.93 bits per heavy atom. The molecule has 1 saturated carbocycles. The molecule has 0 spiro atoms. The summed E-state index contributed by atoms with van der Waals surface area (Å²) in [6.45, 7) is 2.20. The number of benzene rings is 2. The lowest BCUT2D eigenvalue weighted by molar-refractivity contribution is -0.127. The van der Waals surface area contributed by atoms with Crippen molar-refractivity contribution in [3.63, 3.8) is 0 Å². The summed E-state index contributed by atoms with van der Waals surface area (Å²) in [7, 11) is 4.18. The molecule has 0 saturated heterocycles. The van der Waals surface area contributed by atoms with Crippen molar-refractivity contribution in [2.45, 2.75) is 62.9 Å². The maximum atomic E-state index is 14.0. The predicted octanol–water partition coefficient (Wildman–Crippen LogP) is 4.76. The Bertz CT molecular complexity index is 696. The summed E-state index contributed by atoms with van der Waals surface area (Å²) in [5.74, 6) is 0.144. The number of carbonyl (C=O) groups excluding carboxylic acids is 1. The number of nitrogens with one attached hydrogen (secondary N) is 1. The molecule has 0 aliphatic heterocycles. The number of hydrogen-bond donors (Lipinski definition) is 1. The second-order valence-electron chi connectivity index (χ2n) is 8.46. The second-order valence-corrected chi connectivity index (χ2v) is 8.46. The van der Waals surface area contributed by atoms with Gasteiger partial charge < -0.3 is 10.2 Å². The average Bonchev–Trinajstić information content (AvgIpc) is 2.73. The van der Waals surface area contributed by atoms with Crippen LogP contribution in [0, 0.1) is 0 Å². The van der Waals surface area contributed by atoms with Gasteiger partial charge in [-0.25, -0.2) is 0 Å². The van der Waals surface area contributed by atoms with Crippen LogP contribution >= 0.6 is 0 Å². The van der Waals surface area contributed by atoms with Gasteiger partial charge in [-0.1, -0.05) is 79.9 Å². The highest BCUT2D eigenvalue weighted by molar-refractivity contribution is 5.92. The van der Waals surface area contributed by atoms with E-state index in [2.05, 4.69) is 55.5 Å². The topological polar surface area (TPSA) is 32.3 Å². The molecule has 1 unspecified atom stereocenters. The molecule has 28 heavy (non-hydrogen) atoms. The third-order valence-corrected chi connectivity index (χ3v) is 6.34. The summed E-state index contributed by atoms with van der Waals surface area (Å²) < 4.78 is 0. The van der Waals surface area contributed by atoms with Gasteiger partial charge in [0.1, 0.15) is 5.41 Å². The van der Waals surface area contributed by atoms with Gasteiger partial charge in [-0.15, -0.1) is 0 Å². The summed E-state index contributed by atoms with van der Waals surface area (Å²) >= 11 is 0. The van der Waals surface area contributed by atoms with Crippen LogP contribution in [0.4, 0.5) is 0 Å². The van der Waals surface area contributed by atoms with Crippen molar-refractivity contribution < 1.29 is 4.79 Å². The summed E-state index contributed by atoms with van der Waals surface area (Å²) in [6, 6.07) is 21.2. The number of rotatable bonds is 7. The van der Waals surface area contributed by atoms with E-state index in [9.17, 15) is 4.79 Å². The zero-order chi connectivity index (χ0) is 20.0. The average molecular weight is 379 g/mol. The molecular formula is C25H34N2O. The van der Waals surface area contributed by atoms with E-state index < -0.39 is 5.41 Å². The molecule has 3 heteroatoms. The van der Waals surface area contributed by atoms with E-state index in [0.717, 1.165) is 30.4 Å². The first kappa shape index (κ1) is 20.6. The molecule has 0 bridgehead atoms. The molecule has 3 nitrogen and oxygen atoms in total. The molecule has 1 atom stereocenters. The van der Waals surface area contributed by atoms with Crippen LogP contribution in [0.2, 0.25) is 0 Å². The lowest BCUT2D eigenvalue weighted by Crippen LogP contribution is -2.51. The Morgan fingerprint density at radius 2 is 1.46 bits per heavy atom. The fourth-order valence-corrected chi connectivity index (χ4v) is 4.38. The highest BCUT2D eigenvalue weighted by Crippen LogP contribution is 2.38. The highest BCUT2D eigenvalue weighted by atomic mass is 16.2. The van der Waals surface area contributed by atoms with Crippen molar-refractivity contribution in [3.8, 4) is 0 Å². The quantitative estimate of drug-likeness (QED) is 0.753. The molecule has 2 aromatic carbocycles. The van der Waals surface area contributed by atoms with Crippen LogP contribution in [0.25, 0.3) is 0 Å². The number of hydrogen-bond acceptors (Lipinski definition) is 2. The van der Waals surface area contributed by atoms with Crippen LogP contribution in [0.3, 0.4) is 0 Å². The van der Waals surface area contributed by atoms with Gasteiger partial charge in [0.15, 0.2) is 0 Å². The molecule has 0 aromatic heterocycles. The van der Waals surface area contributed by atoms with Crippen LogP contribution < -0.4 is 5.32 Å². The lowest BCUT2D eigenvalue weighted by Gasteiger charge is -2.39.